The van der Waals surface area contributed by atoms with Gasteiger partial charge in [-0.15, -0.1) is 0 Å². The van der Waals surface area contributed by atoms with Crippen molar-refractivity contribution >= 4 is 12.1 Å². The van der Waals surface area contributed by atoms with Gasteiger partial charge in [0.15, 0.2) is 6.61 Å². The van der Waals surface area contributed by atoms with Gasteiger partial charge in [-0.25, -0.2) is 9.59 Å². The highest BCUT2D eigenvalue weighted by Crippen LogP contribution is 2.20. The Hall–Kier alpha value is -1.47. The Kier molecular flexibility index (Phi) is 3.61. The van der Waals surface area contributed by atoms with Gasteiger partial charge in [-0.05, 0) is 12.8 Å². The molecule has 1 N–H and O–H groups in total. The number of hydrogen-bond acceptors (Lipinski definition) is 3. The van der Waals surface area contributed by atoms with E-state index in [2.05, 4.69) is 4.74 Å². The van der Waals surface area contributed by atoms with Gasteiger partial charge >= 0.3 is 18.2 Å². The minimum absolute atomic E-state index is 0.105. The Morgan fingerprint density at radius 3 is 2.56 bits per heavy atom. The van der Waals surface area contributed by atoms with Crippen molar-refractivity contribution in [2.24, 2.45) is 0 Å². The molecule has 1 atom stereocenters. The van der Waals surface area contributed by atoms with Gasteiger partial charge in [-0.1, -0.05) is 0 Å². The molecule has 16 heavy (non-hydrogen) atoms. The SMILES string of the molecule is O=C(O)[C@@H]1CCCN1C(=O)OCC(F)(F)F. The van der Waals surface area contributed by atoms with E-state index in [9.17, 15) is 22.8 Å². The number of rotatable bonds is 2. The average Bonchev–Trinajstić information content (AvgIpc) is 2.61. The smallest absolute Gasteiger partial charge is 0.422 e. The van der Waals surface area contributed by atoms with Gasteiger partial charge in [0.2, 0.25) is 0 Å². The van der Waals surface area contributed by atoms with Gasteiger partial charge in [-0.3, -0.25) is 4.90 Å². The van der Waals surface area contributed by atoms with Crippen LogP contribution in [0.3, 0.4) is 0 Å². The number of carbonyl (C=O) groups is 2. The van der Waals surface area contributed by atoms with Crippen LogP contribution in [0.5, 0.6) is 0 Å². The van der Waals surface area contributed by atoms with E-state index in [4.69, 9.17) is 5.11 Å². The summed E-state index contributed by atoms with van der Waals surface area (Å²) in [5.74, 6) is -1.23. The van der Waals surface area contributed by atoms with E-state index < -0.39 is 30.9 Å². The molecule has 8 heteroatoms. The highest BCUT2D eigenvalue weighted by Gasteiger charge is 2.37. The monoisotopic (exact) mass is 241 g/mol. The fourth-order valence-electron chi connectivity index (χ4n) is 1.47. The number of aliphatic carboxylic acids is 1. The van der Waals surface area contributed by atoms with Crippen LogP contribution in [0.15, 0.2) is 0 Å². The molecule has 0 aliphatic carbocycles. The average molecular weight is 241 g/mol. The fraction of sp³-hybridized carbons (Fsp3) is 0.750. The largest absolute Gasteiger partial charge is 0.480 e. The normalized spacial score (nSPS) is 20.9. The Morgan fingerprint density at radius 1 is 1.44 bits per heavy atom. The van der Waals surface area contributed by atoms with Gasteiger partial charge in [-0.2, -0.15) is 13.2 Å². The van der Waals surface area contributed by atoms with Crippen molar-refractivity contribution in [1.29, 1.82) is 0 Å². The summed E-state index contributed by atoms with van der Waals surface area (Å²) >= 11 is 0. The number of likely N-dealkylation sites (tertiary alicyclic amines) is 1. The molecule has 1 aliphatic heterocycles. The van der Waals surface area contributed by atoms with E-state index in [-0.39, 0.29) is 13.0 Å². The summed E-state index contributed by atoms with van der Waals surface area (Å²) in [5.41, 5.74) is 0. The molecular weight excluding hydrogens is 231 g/mol. The Morgan fingerprint density at radius 2 is 2.06 bits per heavy atom. The van der Waals surface area contributed by atoms with E-state index in [1.807, 2.05) is 0 Å². The zero-order valence-electron chi connectivity index (χ0n) is 8.16. The third kappa shape index (κ3) is 3.28. The molecule has 92 valence electrons. The van der Waals surface area contributed by atoms with E-state index in [1.165, 1.54) is 0 Å². The molecule has 0 aromatic carbocycles. The molecule has 0 bridgehead atoms. The van der Waals surface area contributed by atoms with Crippen LogP contribution < -0.4 is 0 Å². The number of carbonyl (C=O) groups excluding carboxylic acids is 1. The topological polar surface area (TPSA) is 66.8 Å². The molecule has 5 nitrogen and oxygen atoms in total. The maximum Gasteiger partial charge on any atom is 0.422 e. The Balaban J connectivity index is 2.50. The number of amides is 1. The summed E-state index contributed by atoms with van der Waals surface area (Å²) < 4.78 is 39.2. The van der Waals surface area contributed by atoms with Gasteiger partial charge in [0.05, 0.1) is 0 Å². The summed E-state index contributed by atoms with van der Waals surface area (Å²) in [4.78, 5) is 22.6. The summed E-state index contributed by atoms with van der Waals surface area (Å²) in [6.45, 7) is -1.59. The van der Waals surface area contributed by atoms with Crippen LogP contribution in [0.4, 0.5) is 18.0 Å². The van der Waals surface area contributed by atoms with Gasteiger partial charge in [0.25, 0.3) is 0 Å². The van der Waals surface area contributed by atoms with Gasteiger partial charge < -0.3 is 9.84 Å². The first-order valence-corrected chi connectivity index (χ1v) is 4.54. The minimum atomic E-state index is -4.60. The van der Waals surface area contributed by atoms with E-state index in [0.717, 1.165) is 4.90 Å². The quantitative estimate of drug-likeness (QED) is 0.789. The van der Waals surface area contributed by atoms with Gasteiger partial charge in [0.1, 0.15) is 6.04 Å². The Labute approximate surface area is 88.8 Å². The molecule has 1 saturated heterocycles. The van der Waals surface area contributed by atoms with Crippen LogP contribution in [-0.4, -0.2) is 47.4 Å². The first-order valence-electron chi connectivity index (χ1n) is 4.54. The summed E-state index contributed by atoms with van der Waals surface area (Å²) in [6.07, 6.45) is -5.16. The second-order valence-corrected chi connectivity index (χ2v) is 3.36. The van der Waals surface area contributed by atoms with Crippen LogP contribution in [0, 0.1) is 0 Å². The fourth-order valence-corrected chi connectivity index (χ4v) is 1.47. The first-order chi connectivity index (χ1) is 7.31. The van der Waals surface area contributed by atoms with Crippen molar-refractivity contribution in [1.82, 2.24) is 4.90 Å². The van der Waals surface area contributed by atoms with Gasteiger partial charge in [0, 0.05) is 6.54 Å². The second kappa shape index (κ2) is 4.58. The first kappa shape index (κ1) is 12.6. The van der Waals surface area contributed by atoms with Crippen molar-refractivity contribution < 1.29 is 32.6 Å². The lowest BCUT2D eigenvalue weighted by Gasteiger charge is -2.21. The van der Waals surface area contributed by atoms with E-state index in [0.29, 0.717) is 6.42 Å². The second-order valence-electron chi connectivity index (χ2n) is 3.36. The molecule has 1 heterocycles. The summed E-state index contributed by atoms with van der Waals surface area (Å²) in [5, 5.41) is 8.69. The van der Waals surface area contributed by atoms with Crippen molar-refractivity contribution in [3.63, 3.8) is 0 Å². The predicted molar refractivity (Wildman–Crippen MR) is 44.8 cm³/mol. The molecule has 0 radical (unpaired) electrons. The lowest BCUT2D eigenvalue weighted by atomic mass is 10.2. The highest BCUT2D eigenvalue weighted by molar-refractivity contribution is 5.80. The molecule has 0 aromatic heterocycles. The summed E-state index contributed by atoms with van der Waals surface area (Å²) in [6, 6.07) is -1.08. The Bertz CT molecular complexity index is 291. The zero-order chi connectivity index (χ0) is 12.3. The van der Waals surface area contributed by atoms with Crippen molar-refractivity contribution in [3.8, 4) is 0 Å². The third-order valence-electron chi connectivity index (χ3n) is 2.13. The molecule has 1 amide bonds. The lowest BCUT2D eigenvalue weighted by molar-refractivity contribution is -0.163. The van der Waals surface area contributed by atoms with Crippen molar-refractivity contribution in [3.05, 3.63) is 0 Å². The molecule has 0 unspecified atom stereocenters. The number of ether oxygens (including phenoxy) is 1. The van der Waals surface area contributed by atoms with E-state index >= 15 is 0 Å². The molecule has 0 saturated carbocycles. The standard InChI is InChI=1S/C8H10F3NO4/c9-8(10,11)4-16-7(15)12-3-1-2-5(12)6(13)14/h5H,1-4H2,(H,13,14)/t5-/m0/s1. The number of nitrogens with zero attached hydrogens (tertiary/aromatic N) is 1. The van der Waals surface area contributed by atoms with E-state index in [1.54, 1.807) is 0 Å². The molecule has 1 rings (SSSR count). The number of carboxylic acids is 1. The molecule has 0 aromatic rings. The predicted octanol–water partition coefficient (Wildman–Crippen LogP) is 1.23. The van der Waals surface area contributed by atoms with Crippen LogP contribution in [0.1, 0.15) is 12.8 Å². The molecule has 1 fully saturated rings. The highest BCUT2D eigenvalue weighted by atomic mass is 19.4. The minimum Gasteiger partial charge on any atom is -0.480 e. The van der Waals surface area contributed by atoms with Crippen molar-refractivity contribution in [2.45, 2.75) is 25.1 Å². The van der Waals surface area contributed by atoms with Crippen LogP contribution >= 0.6 is 0 Å². The molecule has 0 spiro atoms. The van der Waals surface area contributed by atoms with Crippen molar-refractivity contribution in [2.75, 3.05) is 13.2 Å². The third-order valence-corrected chi connectivity index (χ3v) is 2.13. The molecular formula is C8H10F3NO4. The maximum atomic E-state index is 11.7. The lowest BCUT2D eigenvalue weighted by Crippen LogP contribution is -2.41. The maximum absolute atomic E-state index is 11.7. The molecule has 1 aliphatic rings. The summed E-state index contributed by atoms with van der Waals surface area (Å²) in [7, 11) is 0. The van der Waals surface area contributed by atoms with Crippen LogP contribution in [0.25, 0.3) is 0 Å². The number of hydrogen-bond donors (Lipinski definition) is 1. The number of carboxylic acid groups (broad SMARTS) is 1. The zero-order valence-corrected chi connectivity index (χ0v) is 8.16. The van der Waals surface area contributed by atoms with Crippen LogP contribution in [-0.2, 0) is 9.53 Å². The number of alkyl halides is 3. The van der Waals surface area contributed by atoms with Crippen LogP contribution in [0.2, 0.25) is 0 Å². The number of halogens is 3.